The van der Waals surface area contributed by atoms with Gasteiger partial charge in [0.1, 0.15) is 17.6 Å². The van der Waals surface area contributed by atoms with E-state index in [-0.39, 0.29) is 18.3 Å². The zero-order valence-electron chi connectivity index (χ0n) is 12.4. The Kier molecular flexibility index (Phi) is 3.85. The first-order chi connectivity index (χ1) is 9.71. The van der Waals surface area contributed by atoms with Crippen LogP contribution in [-0.4, -0.2) is 32.4 Å². The maximum Gasteiger partial charge on any atom is 0.125 e. The first-order valence-corrected chi connectivity index (χ1v) is 7.45. The minimum atomic E-state index is 0.0356. The lowest BCUT2D eigenvalue weighted by molar-refractivity contribution is -0.0409. The van der Waals surface area contributed by atoms with Crippen molar-refractivity contribution in [3.63, 3.8) is 0 Å². The highest BCUT2D eigenvalue weighted by atomic mass is 16.5. The van der Waals surface area contributed by atoms with Crippen molar-refractivity contribution in [2.45, 2.75) is 45.0 Å². The Morgan fingerprint density at radius 1 is 1.35 bits per heavy atom. The van der Waals surface area contributed by atoms with Gasteiger partial charge in [0.15, 0.2) is 0 Å². The molecule has 1 saturated heterocycles. The van der Waals surface area contributed by atoms with Gasteiger partial charge < -0.3 is 19.5 Å². The number of ether oxygens (including phenoxy) is 3. The standard InChI is InChI=1S/C16H23NO3/c1-4-12-8-17-9-16(20-12)13-7-14-11(5-10(2)19-14)6-15(13)18-3/h6-7,10,12,16-17H,4-5,8-9H2,1-3H3. The maximum atomic E-state index is 6.15. The smallest absolute Gasteiger partial charge is 0.125 e. The summed E-state index contributed by atoms with van der Waals surface area (Å²) in [6.07, 6.45) is 2.52. The van der Waals surface area contributed by atoms with Crippen LogP contribution in [0.5, 0.6) is 11.5 Å². The summed E-state index contributed by atoms with van der Waals surface area (Å²) < 4.78 is 17.6. The molecule has 0 aliphatic carbocycles. The van der Waals surface area contributed by atoms with E-state index in [1.54, 1.807) is 7.11 Å². The Hall–Kier alpha value is -1.26. The van der Waals surface area contributed by atoms with E-state index in [1.807, 2.05) is 0 Å². The van der Waals surface area contributed by atoms with Crippen LogP contribution in [0.1, 0.15) is 37.5 Å². The quantitative estimate of drug-likeness (QED) is 0.921. The number of rotatable bonds is 3. The maximum absolute atomic E-state index is 6.15. The van der Waals surface area contributed by atoms with E-state index in [2.05, 4.69) is 31.3 Å². The fraction of sp³-hybridized carbons (Fsp3) is 0.625. The lowest BCUT2D eigenvalue weighted by Gasteiger charge is -2.31. The third kappa shape index (κ3) is 2.50. The van der Waals surface area contributed by atoms with Crippen molar-refractivity contribution in [1.82, 2.24) is 5.32 Å². The number of hydrogen-bond acceptors (Lipinski definition) is 4. The van der Waals surface area contributed by atoms with Crippen molar-refractivity contribution in [2.24, 2.45) is 0 Å². The molecule has 0 aromatic heterocycles. The molecule has 0 amide bonds. The monoisotopic (exact) mass is 277 g/mol. The molecule has 1 aromatic carbocycles. The largest absolute Gasteiger partial charge is 0.496 e. The van der Waals surface area contributed by atoms with E-state index in [4.69, 9.17) is 14.2 Å². The van der Waals surface area contributed by atoms with Gasteiger partial charge in [0.25, 0.3) is 0 Å². The van der Waals surface area contributed by atoms with E-state index in [1.165, 1.54) is 5.56 Å². The molecule has 2 heterocycles. The minimum Gasteiger partial charge on any atom is -0.496 e. The Morgan fingerprint density at radius 3 is 2.95 bits per heavy atom. The van der Waals surface area contributed by atoms with Gasteiger partial charge in [-0.25, -0.2) is 0 Å². The van der Waals surface area contributed by atoms with E-state index in [9.17, 15) is 0 Å². The van der Waals surface area contributed by atoms with Gasteiger partial charge in [-0.2, -0.15) is 0 Å². The van der Waals surface area contributed by atoms with Gasteiger partial charge in [-0.3, -0.25) is 0 Å². The lowest BCUT2D eigenvalue weighted by Crippen LogP contribution is -2.40. The fourth-order valence-electron chi connectivity index (χ4n) is 3.01. The second-order valence-corrected chi connectivity index (χ2v) is 5.65. The van der Waals surface area contributed by atoms with Crippen LogP contribution in [0.4, 0.5) is 0 Å². The van der Waals surface area contributed by atoms with E-state index >= 15 is 0 Å². The van der Waals surface area contributed by atoms with Crippen molar-refractivity contribution in [3.8, 4) is 11.5 Å². The van der Waals surface area contributed by atoms with E-state index in [0.29, 0.717) is 0 Å². The third-order valence-corrected chi connectivity index (χ3v) is 4.11. The molecule has 4 nitrogen and oxygen atoms in total. The molecule has 2 aliphatic rings. The van der Waals surface area contributed by atoms with Crippen molar-refractivity contribution >= 4 is 0 Å². The number of methoxy groups -OCH3 is 1. The molecule has 0 radical (unpaired) electrons. The number of morpholine rings is 1. The Labute approximate surface area is 120 Å². The van der Waals surface area contributed by atoms with Crippen LogP contribution in [-0.2, 0) is 11.2 Å². The van der Waals surface area contributed by atoms with Gasteiger partial charge in [-0.1, -0.05) is 6.92 Å². The number of nitrogens with one attached hydrogen (secondary N) is 1. The van der Waals surface area contributed by atoms with Gasteiger partial charge in [-0.05, 0) is 25.5 Å². The second-order valence-electron chi connectivity index (χ2n) is 5.65. The molecule has 0 spiro atoms. The van der Waals surface area contributed by atoms with Gasteiger partial charge >= 0.3 is 0 Å². The molecular formula is C16H23NO3. The van der Waals surface area contributed by atoms with E-state index in [0.717, 1.165) is 43.0 Å². The summed E-state index contributed by atoms with van der Waals surface area (Å²) in [5.41, 5.74) is 2.32. The van der Waals surface area contributed by atoms with Crippen LogP contribution in [0.15, 0.2) is 12.1 Å². The van der Waals surface area contributed by atoms with Crippen LogP contribution in [0.2, 0.25) is 0 Å². The van der Waals surface area contributed by atoms with Crippen LogP contribution in [0.25, 0.3) is 0 Å². The topological polar surface area (TPSA) is 39.7 Å². The summed E-state index contributed by atoms with van der Waals surface area (Å²) in [7, 11) is 1.72. The van der Waals surface area contributed by atoms with Crippen molar-refractivity contribution in [3.05, 3.63) is 23.3 Å². The summed E-state index contributed by atoms with van der Waals surface area (Å²) in [6, 6.07) is 4.20. The average molecular weight is 277 g/mol. The molecule has 0 bridgehead atoms. The molecule has 0 saturated carbocycles. The highest BCUT2D eigenvalue weighted by Gasteiger charge is 2.28. The molecule has 1 N–H and O–H groups in total. The third-order valence-electron chi connectivity index (χ3n) is 4.11. The normalized spacial score (nSPS) is 28.9. The summed E-state index contributed by atoms with van der Waals surface area (Å²) in [6.45, 7) is 5.99. The Bertz CT molecular complexity index is 489. The van der Waals surface area contributed by atoms with Gasteiger partial charge in [0.2, 0.25) is 0 Å². The highest BCUT2D eigenvalue weighted by Crippen LogP contribution is 2.39. The zero-order chi connectivity index (χ0) is 14.1. The second kappa shape index (κ2) is 5.62. The van der Waals surface area contributed by atoms with Crippen molar-refractivity contribution in [2.75, 3.05) is 20.2 Å². The molecule has 1 fully saturated rings. The average Bonchev–Trinajstić information content (AvgIpc) is 2.84. The van der Waals surface area contributed by atoms with Gasteiger partial charge in [0.05, 0.1) is 19.3 Å². The Balaban J connectivity index is 1.90. The number of hydrogen-bond donors (Lipinski definition) is 1. The van der Waals surface area contributed by atoms with Crippen molar-refractivity contribution < 1.29 is 14.2 Å². The predicted octanol–water partition coefficient (Wildman–Crippen LogP) is 2.46. The molecule has 3 rings (SSSR count). The first kappa shape index (κ1) is 13.7. The zero-order valence-corrected chi connectivity index (χ0v) is 12.4. The van der Waals surface area contributed by atoms with Crippen LogP contribution >= 0.6 is 0 Å². The molecule has 110 valence electrons. The number of fused-ring (bicyclic) bond motifs is 1. The molecule has 20 heavy (non-hydrogen) atoms. The van der Waals surface area contributed by atoms with Crippen LogP contribution in [0, 0.1) is 0 Å². The fourth-order valence-corrected chi connectivity index (χ4v) is 3.01. The molecule has 3 unspecified atom stereocenters. The molecule has 4 heteroatoms. The molecule has 2 aliphatic heterocycles. The minimum absolute atomic E-state index is 0.0356. The lowest BCUT2D eigenvalue weighted by atomic mass is 10.0. The van der Waals surface area contributed by atoms with Crippen molar-refractivity contribution in [1.29, 1.82) is 0 Å². The summed E-state index contributed by atoms with van der Waals surface area (Å²) >= 11 is 0. The Morgan fingerprint density at radius 2 is 2.20 bits per heavy atom. The van der Waals surface area contributed by atoms with E-state index < -0.39 is 0 Å². The molecule has 1 aromatic rings. The highest BCUT2D eigenvalue weighted by molar-refractivity contribution is 5.49. The van der Waals surface area contributed by atoms with Crippen LogP contribution in [0.3, 0.4) is 0 Å². The summed E-state index contributed by atoms with van der Waals surface area (Å²) in [5.74, 6) is 1.89. The molecule has 3 atom stereocenters. The van der Waals surface area contributed by atoms with Gasteiger partial charge in [0, 0.05) is 30.6 Å². The molecular weight excluding hydrogens is 254 g/mol. The predicted molar refractivity (Wildman–Crippen MR) is 77.6 cm³/mol. The SMILES string of the molecule is CCC1CNCC(c2cc3c(cc2OC)CC(C)O3)O1. The van der Waals surface area contributed by atoms with Gasteiger partial charge in [-0.15, -0.1) is 0 Å². The summed E-state index contributed by atoms with van der Waals surface area (Å²) in [4.78, 5) is 0. The summed E-state index contributed by atoms with van der Waals surface area (Å²) in [5, 5.41) is 3.44. The van der Waals surface area contributed by atoms with Crippen LogP contribution < -0.4 is 14.8 Å². The first-order valence-electron chi connectivity index (χ1n) is 7.45. The number of benzene rings is 1.